The number of ether oxygens (including phenoxy) is 1. The summed E-state index contributed by atoms with van der Waals surface area (Å²) in [5, 5.41) is 2.05. The lowest BCUT2D eigenvalue weighted by Crippen LogP contribution is -2.34. The van der Waals surface area contributed by atoms with Crippen LogP contribution in [-0.2, 0) is 6.42 Å². The lowest BCUT2D eigenvalue weighted by molar-refractivity contribution is 0.150. The molecule has 2 aromatic carbocycles. The van der Waals surface area contributed by atoms with E-state index in [9.17, 15) is 0 Å². The Kier molecular flexibility index (Phi) is 6.70. The highest BCUT2D eigenvalue weighted by molar-refractivity contribution is 6.31. The van der Waals surface area contributed by atoms with Gasteiger partial charge in [-0.1, -0.05) is 44.0 Å². The van der Waals surface area contributed by atoms with Gasteiger partial charge in [0, 0.05) is 40.0 Å². The maximum Gasteiger partial charge on any atom is 0.119 e. The molecule has 3 aromatic rings. The topological polar surface area (TPSA) is 28.3 Å². The highest BCUT2D eigenvalue weighted by Crippen LogP contribution is 2.34. The Labute approximate surface area is 185 Å². The van der Waals surface area contributed by atoms with Gasteiger partial charge in [0.15, 0.2) is 0 Å². The smallest absolute Gasteiger partial charge is 0.119 e. The first-order valence-electron chi connectivity index (χ1n) is 11.3. The van der Waals surface area contributed by atoms with Crippen molar-refractivity contribution in [3.05, 3.63) is 64.3 Å². The largest absolute Gasteiger partial charge is 0.493 e. The van der Waals surface area contributed by atoms with E-state index in [0.717, 1.165) is 36.8 Å². The summed E-state index contributed by atoms with van der Waals surface area (Å²) in [5.74, 6) is 1.90. The van der Waals surface area contributed by atoms with E-state index in [1.807, 2.05) is 6.07 Å². The third-order valence-electron chi connectivity index (χ3n) is 6.42. The van der Waals surface area contributed by atoms with Gasteiger partial charge in [-0.05, 0) is 74.3 Å². The van der Waals surface area contributed by atoms with Gasteiger partial charge in [0.05, 0.1) is 6.61 Å². The zero-order chi connectivity index (χ0) is 21.1. The Bertz CT molecular complexity index is 979. The number of H-pyrrole nitrogens is 1. The Balaban J connectivity index is 1.49. The number of aromatic nitrogens is 1. The Morgan fingerprint density at radius 1 is 1.20 bits per heavy atom. The Morgan fingerprint density at radius 3 is 2.73 bits per heavy atom. The molecule has 2 heterocycles. The Morgan fingerprint density at radius 2 is 2.00 bits per heavy atom. The highest BCUT2D eigenvalue weighted by atomic mass is 35.5. The number of likely N-dealkylation sites (tertiary alicyclic amines) is 1. The molecule has 4 heteroatoms. The number of fused-ring (bicyclic) bond motifs is 1. The van der Waals surface area contributed by atoms with Gasteiger partial charge >= 0.3 is 0 Å². The van der Waals surface area contributed by atoms with Gasteiger partial charge in [0.1, 0.15) is 5.75 Å². The summed E-state index contributed by atoms with van der Waals surface area (Å²) in [6.45, 7) is 7.67. The monoisotopic (exact) mass is 424 g/mol. The summed E-state index contributed by atoms with van der Waals surface area (Å²) in [6.07, 6.45) is 4.71. The highest BCUT2D eigenvalue weighted by Gasteiger charge is 2.19. The SMILES string of the molecule is CCCc1c(C(C)c2ccc(OCC3CCCN(C)C3)cc2)[nH]c2ccc(Cl)cc12. The van der Waals surface area contributed by atoms with Crippen molar-refractivity contribution in [3.8, 4) is 5.75 Å². The molecule has 4 rings (SSSR count). The summed E-state index contributed by atoms with van der Waals surface area (Å²) in [7, 11) is 2.20. The first-order chi connectivity index (χ1) is 14.5. The van der Waals surface area contributed by atoms with Crippen LogP contribution in [0.1, 0.15) is 55.8 Å². The van der Waals surface area contributed by atoms with E-state index in [-0.39, 0.29) is 0 Å². The Hall–Kier alpha value is -1.97. The summed E-state index contributed by atoms with van der Waals surface area (Å²) in [4.78, 5) is 6.07. The summed E-state index contributed by atoms with van der Waals surface area (Å²) < 4.78 is 6.11. The number of aryl methyl sites for hydroxylation is 1. The van der Waals surface area contributed by atoms with Gasteiger partial charge < -0.3 is 14.6 Å². The minimum Gasteiger partial charge on any atom is -0.493 e. The second kappa shape index (κ2) is 9.45. The minimum absolute atomic E-state index is 0.291. The van der Waals surface area contributed by atoms with E-state index >= 15 is 0 Å². The van der Waals surface area contributed by atoms with Gasteiger partial charge in [-0.3, -0.25) is 0 Å². The average molecular weight is 425 g/mol. The van der Waals surface area contributed by atoms with Crippen molar-refractivity contribution < 1.29 is 4.74 Å². The van der Waals surface area contributed by atoms with E-state index in [0.29, 0.717) is 11.8 Å². The standard InChI is InChI=1S/C26H33ClN2O/c1-4-6-23-24-15-21(27)10-13-25(24)28-26(23)18(2)20-8-11-22(12-9-20)30-17-19-7-5-14-29(3)16-19/h8-13,15,18-19,28H,4-7,14,16-17H2,1-3H3. The second-order valence-electron chi connectivity index (χ2n) is 8.83. The normalized spacial score (nSPS) is 18.6. The molecule has 1 aliphatic rings. The van der Waals surface area contributed by atoms with E-state index in [4.69, 9.17) is 16.3 Å². The lowest BCUT2D eigenvalue weighted by atomic mass is 9.93. The van der Waals surface area contributed by atoms with Crippen LogP contribution in [0, 0.1) is 5.92 Å². The number of hydrogen-bond acceptors (Lipinski definition) is 2. The number of benzene rings is 2. The number of hydrogen-bond donors (Lipinski definition) is 1. The molecule has 1 fully saturated rings. The van der Waals surface area contributed by atoms with Gasteiger partial charge in [0.25, 0.3) is 0 Å². The van der Waals surface area contributed by atoms with E-state index in [1.54, 1.807) is 0 Å². The van der Waals surface area contributed by atoms with Gasteiger partial charge in [-0.25, -0.2) is 0 Å². The second-order valence-corrected chi connectivity index (χ2v) is 9.27. The summed E-state index contributed by atoms with van der Waals surface area (Å²) >= 11 is 6.28. The first-order valence-corrected chi connectivity index (χ1v) is 11.6. The van der Waals surface area contributed by atoms with Crippen LogP contribution in [0.25, 0.3) is 10.9 Å². The zero-order valence-corrected chi connectivity index (χ0v) is 19.1. The van der Waals surface area contributed by atoms with Crippen molar-refractivity contribution >= 4 is 22.5 Å². The fraction of sp³-hybridized carbons (Fsp3) is 0.462. The van der Waals surface area contributed by atoms with Gasteiger partial charge in [0.2, 0.25) is 0 Å². The van der Waals surface area contributed by atoms with E-state index in [1.165, 1.54) is 47.1 Å². The molecule has 1 aliphatic heterocycles. The quantitative estimate of drug-likeness (QED) is 0.460. The summed E-state index contributed by atoms with van der Waals surface area (Å²) in [5.41, 5.74) is 5.16. The minimum atomic E-state index is 0.291. The van der Waals surface area contributed by atoms with Crippen LogP contribution < -0.4 is 4.74 Å². The van der Waals surface area contributed by atoms with Crippen LogP contribution in [0.3, 0.4) is 0 Å². The maximum atomic E-state index is 6.28. The lowest BCUT2D eigenvalue weighted by Gasteiger charge is -2.29. The van der Waals surface area contributed by atoms with Gasteiger partial charge in [-0.2, -0.15) is 0 Å². The number of aromatic amines is 1. The molecule has 0 aliphatic carbocycles. The number of halogens is 1. The van der Waals surface area contributed by atoms with Crippen LogP contribution in [0.4, 0.5) is 0 Å². The molecule has 0 amide bonds. The molecule has 0 spiro atoms. The van der Waals surface area contributed by atoms with Crippen molar-refractivity contribution in [2.75, 3.05) is 26.7 Å². The molecule has 30 heavy (non-hydrogen) atoms. The van der Waals surface area contributed by atoms with Crippen LogP contribution in [-0.4, -0.2) is 36.6 Å². The van der Waals surface area contributed by atoms with E-state index < -0.39 is 0 Å². The predicted octanol–water partition coefficient (Wildman–Crippen LogP) is 6.65. The molecule has 1 N–H and O–H groups in total. The number of piperidine rings is 1. The third kappa shape index (κ3) is 4.68. The molecule has 1 aromatic heterocycles. The van der Waals surface area contributed by atoms with Gasteiger partial charge in [-0.15, -0.1) is 0 Å². The predicted molar refractivity (Wildman–Crippen MR) is 127 cm³/mol. The molecular weight excluding hydrogens is 392 g/mol. The number of rotatable bonds is 7. The van der Waals surface area contributed by atoms with Crippen molar-refractivity contribution in [3.63, 3.8) is 0 Å². The first kappa shape index (κ1) is 21.3. The van der Waals surface area contributed by atoms with Crippen LogP contribution in [0.5, 0.6) is 5.75 Å². The molecule has 3 nitrogen and oxygen atoms in total. The fourth-order valence-electron chi connectivity index (χ4n) is 4.77. The number of nitrogens with zero attached hydrogens (tertiary/aromatic N) is 1. The number of nitrogens with one attached hydrogen (secondary N) is 1. The van der Waals surface area contributed by atoms with Crippen LogP contribution in [0.15, 0.2) is 42.5 Å². The average Bonchev–Trinajstić information content (AvgIpc) is 3.10. The maximum absolute atomic E-state index is 6.28. The molecule has 2 unspecified atom stereocenters. The molecule has 1 saturated heterocycles. The van der Waals surface area contributed by atoms with Crippen LogP contribution in [0.2, 0.25) is 5.02 Å². The van der Waals surface area contributed by atoms with Crippen molar-refractivity contribution in [2.45, 2.75) is 45.4 Å². The van der Waals surface area contributed by atoms with Crippen molar-refractivity contribution in [2.24, 2.45) is 5.92 Å². The third-order valence-corrected chi connectivity index (χ3v) is 6.66. The molecule has 2 atom stereocenters. The van der Waals surface area contributed by atoms with Crippen molar-refractivity contribution in [1.82, 2.24) is 9.88 Å². The van der Waals surface area contributed by atoms with Crippen LogP contribution >= 0.6 is 11.6 Å². The fourth-order valence-corrected chi connectivity index (χ4v) is 4.94. The van der Waals surface area contributed by atoms with E-state index in [2.05, 4.69) is 67.2 Å². The molecular formula is C26H33ClN2O. The summed E-state index contributed by atoms with van der Waals surface area (Å²) in [6, 6.07) is 14.8. The molecule has 160 valence electrons. The molecule has 0 bridgehead atoms. The zero-order valence-electron chi connectivity index (χ0n) is 18.4. The van der Waals surface area contributed by atoms with Crippen molar-refractivity contribution in [1.29, 1.82) is 0 Å². The molecule has 0 saturated carbocycles. The molecule has 0 radical (unpaired) electrons.